The lowest BCUT2D eigenvalue weighted by atomic mass is 10.2. The zero-order valence-electron chi connectivity index (χ0n) is 8.34. The summed E-state index contributed by atoms with van der Waals surface area (Å²) in [4.78, 5) is 0. The van der Waals surface area contributed by atoms with Crippen LogP contribution in [0.5, 0.6) is 0 Å². The van der Waals surface area contributed by atoms with Crippen molar-refractivity contribution in [2.24, 2.45) is 5.73 Å². The van der Waals surface area contributed by atoms with Gasteiger partial charge in [0.15, 0.2) is 0 Å². The van der Waals surface area contributed by atoms with Crippen LogP contribution in [0.25, 0.3) is 0 Å². The van der Waals surface area contributed by atoms with Gasteiger partial charge in [0.25, 0.3) is 0 Å². The van der Waals surface area contributed by atoms with E-state index in [0.29, 0.717) is 0 Å². The maximum Gasteiger partial charge on any atom is 0.0847 e. The van der Waals surface area contributed by atoms with Crippen LogP contribution in [0.15, 0.2) is 0 Å². The van der Waals surface area contributed by atoms with E-state index in [1.165, 1.54) is 0 Å². The smallest absolute Gasteiger partial charge is 0.0847 e. The first-order valence-corrected chi connectivity index (χ1v) is 4.91. The number of aromatic nitrogens is 2. The Kier molecular flexibility index (Phi) is 3.33. The van der Waals surface area contributed by atoms with E-state index in [2.05, 4.69) is 5.10 Å². The van der Waals surface area contributed by atoms with Crippen LogP contribution in [-0.2, 0) is 13.0 Å². The highest BCUT2D eigenvalue weighted by atomic mass is 35.5. The highest BCUT2D eigenvalue weighted by Gasteiger charge is 2.13. The summed E-state index contributed by atoms with van der Waals surface area (Å²) in [7, 11) is 0. The van der Waals surface area contributed by atoms with Gasteiger partial charge in [-0.15, -0.1) is 0 Å². The minimum absolute atomic E-state index is 0.124. The fraction of sp³-hybridized carbons (Fsp3) is 0.667. The summed E-state index contributed by atoms with van der Waals surface area (Å²) < 4.78 is 1.92. The van der Waals surface area contributed by atoms with Gasteiger partial charge in [-0.1, -0.05) is 11.6 Å². The molecular weight excluding hydrogens is 186 g/mol. The molecule has 0 fully saturated rings. The summed E-state index contributed by atoms with van der Waals surface area (Å²) >= 11 is 6.10. The molecule has 1 aromatic heterocycles. The molecule has 1 unspecified atom stereocenters. The van der Waals surface area contributed by atoms with Crippen molar-refractivity contribution < 1.29 is 0 Å². The Morgan fingerprint density at radius 3 is 2.69 bits per heavy atom. The number of rotatable bonds is 3. The molecule has 0 saturated carbocycles. The number of hydrogen-bond acceptors (Lipinski definition) is 2. The first-order valence-electron chi connectivity index (χ1n) is 4.53. The molecule has 0 amide bonds. The zero-order chi connectivity index (χ0) is 10.0. The van der Waals surface area contributed by atoms with Gasteiger partial charge in [0, 0.05) is 19.0 Å². The zero-order valence-corrected chi connectivity index (χ0v) is 9.10. The SMILES string of the molecule is CCn1nc(C)c(Cl)c1CC(C)N. The largest absolute Gasteiger partial charge is 0.328 e. The van der Waals surface area contributed by atoms with E-state index >= 15 is 0 Å². The van der Waals surface area contributed by atoms with E-state index in [-0.39, 0.29) is 6.04 Å². The van der Waals surface area contributed by atoms with Crippen molar-refractivity contribution in [2.75, 3.05) is 0 Å². The van der Waals surface area contributed by atoms with E-state index in [1.54, 1.807) is 0 Å². The molecule has 13 heavy (non-hydrogen) atoms. The van der Waals surface area contributed by atoms with Crippen molar-refractivity contribution in [1.82, 2.24) is 9.78 Å². The van der Waals surface area contributed by atoms with Crippen molar-refractivity contribution in [2.45, 2.75) is 39.8 Å². The predicted molar refractivity (Wildman–Crippen MR) is 55.0 cm³/mol. The second kappa shape index (κ2) is 4.11. The maximum atomic E-state index is 6.10. The lowest BCUT2D eigenvalue weighted by Gasteiger charge is -2.07. The van der Waals surface area contributed by atoms with Gasteiger partial charge in [0.2, 0.25) is 0 Å². The number of nitrogens with zero attached hydrogens (tertiary/aromatic N) is 2. The summed E-state index contributed by atoms with van der Waals surface area (Å²) in [5.74, 6) is 0. The molecule has 2 N–H and O–H groups in total. The number of nitrogens with two attached hydrogens (primary N) is 1. The van der Waals surface area contributed by atoms with Crippen LogP contribution in [0.3, 0.4) is 0 Å². The molecule has 0 aliphatic carbocycles. The molecule has 0 saturated heterocycles. The third-order valence-corrected chi connectivity index (χ3v) is 2.46. The third-order valence-electron chi connectivity index (χ3n) is 1.97. The summed E-state index contributed by atoms with van der Waals surface area (Å²) in [6.45, 7) is 6.78. The quantitative estimate of drug-likeness (QED) is 0.810. The fourth-order valence-electron chi connectivity index (χ4n) is 1.37. The van der Waals surface area contributed by atoms with E-state index in [0.717, 1.165) is 29.4 Å². The van der Waals surface area contributed by atoms with Crippen LogP contribution in [0.2, 0.25) is 5.02 Å². The van der Waals surface area contributed by atoms with Crippen LogP contribution in [0.4, 0.5) is 0 Å². The minimum Gasteiger partial charge on any atom is -0.328 e. The van der Waals surface area contributed by atoms with Gasteiger partial charge in [0.05, 0.1) is 16.4 Å². The Labute approximate surface area is 83.9 Å². The maximum absolute atomic E-state index is 6.10. The van der Waals surface area contributed by atoms with Gasteiger partial charge < -0.3 is 5.73 Å². The average Bonchev–Trinajstić information content (AvgIpc) is 2.31. The second-order valence-corrected chi connectivity index (χ2v) is 3.72. The average molecular weight is 202 g/mol. The van der Waals surface area contributed by atoms with Crippen LogP contribution in [-0.4, -0.2) is 15.8 Å². The fourth-order valence-corrected chi connectivity index (χ4v) is 1.58. The molecule has 4 heteroatoms. The molecule has 0 radical (unpaired) electrons. The van der Waals surface area contributed by atoms with E-state index < -0.39 is 0 Å². The van der Waals surface area contributed by atoms with Crippen molar-refractivity contribution in [3.05, 3.63) is 16.4 Å². The number of hydrogen-bond donors (Lipinski definition) is 1. The van der Waals surface area contributed by atoms with Gasteiger partial charge in [0.1, 0.15) is 0 Å². The van der Waals surface area contributed by atoms with E-state index in [4.69, 9.17) is 17.3 Å². The normalized spacial score (nSPS) is 13.3. The first-order chi connectivity index (χ1) is 6.06. The summed E-state index contributed by atoms with van der Waals surface area (Å²) in [5.41, 5.74) is 7.67. The van der Waals surface area contributed by atoms with Gasteiger partial charge in [-0.25, -0.2) is 0 Å². The van der Waals surface area contributed by atoms with Crippen LogP contribution < -0.4 is 5.73 Å². The van der Waals surface area contributed by atoms with Crippen molar-refractivity contribution >= 4 is 11.6 Å². The Balaban J connectivity index is 3.01. The molecule has 0 spiro atoms. The molecule has 1 aromatic rings. The number of halogens is 1. The Hall–Kier alpha value is -0.540. The number of aryl methyl sites for hydroxylation is 2. The predicted octanol–water partition coefficient (Wildman–Crippen LogP) is 1.75. The van der Waals surface area contributed by atoms with Crippen LogP contribution >= 0.6 is 11.6 Å². The topological polar surface area (TPSA) is 43.8 Å². The molecule has 0 aromatic carbocycles. The first kappa shape index (κ1) is 10.5. The molecule has 3 nitrogen and oxygen atoms in total. The highest BCUT2D eigenvalue weighted by Crippen LogP contribution is 2.21. The highest BCUT2D eigenvalue weighted by molar-refractivity contribution is 6.31. The third kappa shape index (κ3) is 2.23. The van der Waals surface area contributed by atoms with Crippen molar-refractivity contribution in [1.29, 1.82) is 0 Å². The van der Waals surface area contributed by atoms with Gasteiger partial charge in [-0.3, -0.25) is 4.68 Å². The summed E-state index contributed by atoms with van der Waals surface area (Å²) in [5, 5.41) is 5.07. The molecule has 1 atom stereocenters. The van der Waals surface area contributed by atoms with Gasteiger partial charge >= 0.3 is 0 Å². The molecule has 74 valence electrons. The Bertz CT molecular complexity index is 291. The molecular formula is C9H16ClN3. The minimum atomic E-state index is 0.124. The molecule has 0 bridgehead atoms. The van der Waals surface area contributed by atoms with Crippen LogP contribution in [0.1, 0.15) is 25.2 Å². The van der Waals surface area contributed by atoms with Crippen LogP contribution in [0, 0.1) is 6.92 Å². The Morgan fingerprint density at radius 1 is 1.62 bits per heavy atom. The Morgan fingerprint density at radius 2 is 2.23 bits per heavy atom. The lowest BCUT2D eigenvalue weighted by molar-refractivity contribution is 0.592. The van der Waals surface area contributed by atoms with E-state index in [9.17, 15) is 0 Å². The van der Waals surface area contributed by atoms with Gasteiger partial charge in [-0.05, 0) is 20.8 Å². The molecule has 0 aliphatic rings. The summed E-state index contributed by atoms with van der Waals surface area (Å²) in [6.07, 6.45) is 0.785. The standard InChI is InChI=1S/C9H16ClN3/c1-4-13-8(5-6(2)11)9(10)7(3)12-13/h6H,4-5,11H2,1-3H3. The van der Waals surface area contributed by atoms with E-state index in [1.807, 2.05) is 25.5 Å². The molecule has 0 aliphatic heterocycles. The lowest BCUT2D eigenvalue weighted by Crippen LogP contribution is -2.20. The van der Waals surface area contributed by atoms with Crippen molar-refractivity contribution in [3.63, 3.8) is 0 Å². The molecule has 1 heterocycles. The summed E-state index contributed by atoms with van der Waals surface area (Å²) in [6, 6.07) is 0.124. The molecule has 1 rings (SSSR count). The monoisotopic (exact) mass is 201 g/mol. The van der Waals surface area contributed by atoms with Crippen molar-refractivity contribution in [3.8, 4) is 0 Å². The van der Waals surface area contributed by atoms with Gasteiger partial charge in [-0.2, -0.15) is 5.10 Å². The second-order valence-electron chi connectivity index (χ2n) is 3.34.